The number of hydrogen-bond acceptors (Lipinski definition) is 5. The minimum Gasteiger partial charge on any atom is -0.465 e. The van der Waals surface area contributed by atoms with Gasteiger partial charge < -0.3 is 4.74 Å². The molecule has 0 atom stereocenters. The third kappa shape index (κ3) is 4.11. The van der Waals surface area contributed by atoms with Crippen LogP contribution in [-0.2, 0) is 24.2 Å². The quantitative estimate of drug-likeness (QED) is 0.527. The van der Waals surface area contributed by atoms with Crippen LogP contribution >= 0.6 is 0 Å². The van der Waals surface area contributed by atoms with Gasteiger partial charge in [-0.15, -0.1) is 0 Å². The molecule has 0 unspecified atom stereocenters. The fraction of sp³-hybridized carbons (Fsp3) is 0.818. The summed E-state index contributed by atoms with van der Waals surface area (Å²) in [6.07, 6.45) is 0. The summed E-state index contributed by atoms with van der Waals surface area (Å²) in [6, 6.07) is 0. The first-order chi connectivity index (χ1) is 7.55. The molecule has 0 aromatic carbocycles. The van der Waals surface area contributed by atoms with Crippen molar-refractivity contribution in [1.82, 2.24) is 0 Å². The summed E-state index contributed by atoms with van der Waals surface area (Å²) in [5.74, 6) is -1.95. The second-order valence-electron chi connectivity index (χ2n) is 4.62. The zero-order valence-electron chi connectivity index (χ0n) is 10.9. The Morgan fingerprint density at radius 3 is 2.06 bits per heavy atom. The highest BCUT2D eigenvalue weighted by Crippen LogP contribution is 2.20. The maximum atomic E-state index is 11.8. The summed E-state index contributed by atoms with van der Waals surface area (Å²) in [7, 11) is -3.49. The van der Waals surface area contributed by atoms with Crippen molar-refractivity contribution in [3.8, 4) is 0 Å². The van der Waals surface area contributed by atoms with Crippen LogP contribution in [0.25, 0.3) is 0 Å². The molecule has 100 valence electrons. The Morgan fingerprint density at radius 2 is 1.71 bits per heavy atom. The number of ketones is 1. The molecule has 0 aliphatic carbocycles. The van der Waals surface area contributed by atoms with Crippen molar-refractivity contribution in [1.29, 1.82) is 0 Å². The smallest absolute Gasteiger partial charge is 0.319 e. The van der Waals surface area contributed by atoms with E-state index in [4.69, 9.17) is 4.74 Å². The second-order valence-corrected chi connectivity index (χ2v) is 7.18. The van der Waals surface area contributed by atoms with Crippen LogP contribution in [0.1, 0.15) is 34.6 Å². The van der Waals surface area contributed by atoms with Crippen LogP contribution < -0.4 is 0 Å². The molecule has 0 spiro atoms. The van der Waals surface area contributed by atoms with E-state index in [2.05, 4.69) is 0 Å². The van der Waals surface area contributed by atoms with Crippen molar-refractivity contribution in [3.05, 3.63) is 0 Å². The van der Waals surface area contributed by atoms with E-state index in [-0.39, 0.29) is 6.61 Å². The Bertz CT molecular complexity index is 392. The van der Waals surface area contributed by atoms with Crippen molar-refractivity contribution in [2.24, 2.45) is 5.41 Å². The lowest BCUT2D eigenvalue weighted by molar-refractivity contribution is -0.157. The molecule has 0 heterocycles. The number of carbonyl (C=O) groups is 2. The molecular formula is C11H20O5S. The molecular weight excluding hydrogens is 244 g/mol. The summed E-state index contributed by atoms with van der Waals surface area (Å²) >= 11 is 0. The molecule has 0 N–H and O–H groups in total. The molecule has 0 amide bonds. The van der Waals surface area contributed by atoms with Gasteiger partial charge in [-0.1, -0.05) is 0 Å². The SMILES string of the molecule is CCOC(=O)C(C)(C)C(=O)CS(=O)(=O)C(C)C. The largest absolute Gasteiger partial charge is 0.465 e. The van der Waals surface area contributed by atoms with Crippen LogP contribution in [0.4, 0.5) is 0 Å². The van der Waals surface area contributed by atoms with E-state index in [1.54, 1.807) is 6.92 Å². The Labute approximate surface area is 102 Å². The van der Waals surface area contributed by atoms with Crippen LogP contribution in [-0.4, -0.2) is 37.8 Å². The second kappa shape index (κ2) is 5.62. The minimum atomic E-state index is -3.49. The Morgan fingerprint density at radius 1 is 1.24 bits per heavy atom. The van der Waals surface area contributed by atoms with Crippen LogP contribution in [0, 0.1) is 5.41 Å². The minimum absolute atomic E-state index is 0.159. The highest BCUT2D eigenvalue weighted by Gasteiger charge is 2.39. The molecule has 17 heavy (non-hydrogen) atoms. The molecule has 0 aromatic rings. The zero-order valence-corrected chi connectivity index (χ0v) is 11.8. The van der Waals surface area contributed by atoms with E-state index in [0.29, 0.717) is 0 Å². The first-order valence-electron chi connectivity index (χ1n) is 5.47. The number of Topliss-reactive ketones (excluding diaryl/α,β-unsaturated/α-hetero) is 1. The van der Waals surface area contributed by atoms with E-state index in [0.717, 1.165) is 0 Å². The first-order valence-corrected chi connectivity index (χ1v) is 7.19. The van der Waals surface area contributed by atoms with Gasteiger partial charge in [-0.05, 0) is 34.6 Å². The lowest BCUT2D eigenvalue weighted by Gasteiger charge is -2.21. The van der Waals surface area contributed by atoms with Gasteiger partial charge in [0, 0.05) is 0 Å². The van der Waals surface area contributed by atoms with Gasteiger partial charge in [-0.25, -0.2) is 8.42 Å². The van der Waals surface area contributed by atoms with Crippen molar-refractivity contribution < 1.29 is 22.7 Å². The maximum absolute atomic E-state index is 11.8. The predicted molar refractivity (Wildman–Crippen MR) is 64.3 cm³/mol. The highest BCUT2D eigenvalue weighted by molar-refractivity contribution is 7.92. The lowest BCUT2D eigenvalue weighted by Crippen LogP contribution is -2.40. The summed E-state index contributed by atoms with van der Waals surface area (Å²) in [5.41, 5.74) is -1.42. The first kappa shape index (κ1) is 16.1. The molecule has 0 rings (SSSR count). The van der Waals surface area contributed by atoms with Gasteiger partial charge in [0.1, 0.15) is 11.2 Å². The monoisotopic (exact) mass is 264 g/mol. The molecule has 0 aliphatic rings. The van der Waals surface area contributed by atoms with Gasteiger partial charge in [0.25, 0.3) is 0 Å². The Balaban J connectivity index is 4.89. The predicted octanol–water partition coefficient (Wildman–Crippen LogP) is 0.968. The highest BCUT2D eigenvalue weighted by atomic mass is 32.2. The van der Waals surface area contributed by atoms with E-state index < -0.39 is 38.0 Å². The molecule has 0 saturated heterocycles. The Kier molecular flexibility index (Phi) is 5.32. The molecule has 0 aromatic heterocycles. The molecule has 0 bridgehead atoms. The maximum Gasteiger partial charge on any atom is 0.319 e. The Hall–Kier alpha value is -0.910. The number of carbonyl (C=O) groups excluding carboxylic acids is 2. The van der Waals surface area contributed by atoms with Crippen LogP contribution in [0.2, 0.25) is 0 Å². The van der Waals surface area contributed by atoms with Gasteiger partial charge in [0.05, 0.1) is 11.9 Å². The van der Waals surface area contributed by atoms with Gasteiger partial charge in [0.15, 0.2) is 15.6 Å². The van der Waals surface area contributed by atoms with Crippen LogP contribution in [0.5, 0.6) is 0 Å². The van der Waals surface area contributed by atoms with Gasteiger partial charge in [-0.2, -0.15) is 0 Å². The average Bonchev–Trinajstić information content (AvgIpc) is 2.16. The molecule has 0 fully saturated rings. The van der Waals surface area contributed by atoms with Crippen LogP contribution in [0.15, 0.2) is 0 Å². The molecule has 0 saturated carbocycles. The molecule has 0 aliphatic heterocycles. The standard InChI is InChI=1S/C11H20O5S/c1-6-16-10(13)11(4,5)9(12)7-17(14,15)8(2)3/h8H,6-7H2,1-5H3. The average molecular weight is 264 g/mol. The summed E-state index contributed by atoms with van der Waals surface area (Å²) < 4.78 is 27.9. The number of ether oxygens (including phenoxy) is 1. The summed E-state index contributed by atoms with van der Waals surface area (Å²) in [5, 5.41) is -0.635. The van der Waals surface area contributed by atoms with E-state index in [9.17, 15) is 18.0 Å². The van der Waals surface area contributed by atoms with Crippen molar-refractivity contribution >= 4 is 21.6 Å². The molecule has 5 nitrogen and oxygen atoms in total. The van der Waals surface area contributed by atoms with E-state index in [1.165, 1.54) is 27.7 Å². The fourth-order valence-corrected chi connectivity index (χ4v) is 2.01. The van der Waals surface area contributed by atoms with Crippen LogP contribution in [0.3, 0.4) is 0 Å². The third-order valence-electron chi connectivity index (χ3n) is 2.53. The van der Waals surface area contributed by atoms with E-state index >= 15 is 0 Å². The topological polar surface area (TPSA) is 77.5 Å². The zero-order chi connectivity index (χ0) is 13.9. The number of hydrogen-bond donors (Lipinski definition) is 0. The number of rotatable bonds is 6. The normalized spacial score (nSPS) is 12.6. The van der Waals surface area contributed by atoms with Crippen molar-refractivity contribution in [3.63, 3.8) is 0 Å². The van der Waals surface area contributed by atoms with E-state index in [1.807, 2.05) is 0 Å². The number of esters is 1. The third-order valence-corrected chi connectivity index (χ3v) is 4.63. The van der Waals surface area contributed by atoms with Gasteiger partial charge in [-0.3, -0.25) is 9.59 Å². The van der Waals surface area contributed by atoms with Crippen molar-refractivity contribution in [2.75, 3.05) is 12.4 Å². The summed E-state index contributed by atoms with van der Waals surface area (Å²) in [6.45, 7) is 7.54. The molecule has 0 radical (unpaired) electrons. The molecule has 6 heteroatoms. The van der Waals surface area contributed by atoms with Gasteiger partial charge >= 0.3 is 5.97 Å². The lowest BCUT2D eigenvalue weighted by atomic mass is 9.89. The van der Waals surface area contributed by atoms with Gasteiger partial charge in [0.2, 0.25) is 0 Å². The summed E-state index contributed by atoms with van der Waals surface area (Å²) in [4.78, 5) is 23.3. The fourth-order valence-electron chi connectivity index (χ4n) is 0.955. The van der Waals surface area contributed by atoms with Crippen molar-refractivity contribution in [2.45, 2.75) is 39.9 Å². The number of sulfone groups is 1.